The van der Waals surface area contributed by atoms with Gasteiger partial charge in [-0.05, 0) is 24.6 Å². The van der Waals surface area contributed by atoms with E-state index in [0.717, 1.165) is 11.3 Å². The number of thioether (sulfide) groups is 1. The molecule has 1 aromatic carbocycles. The number of carbonyl (C=O) groups excluding carboxylic acids is 1. The third-order valence-electron chi connectivity index (χ3n) is 2.09. The predicted octanol–water partition coefficient (Wildman–Crippen LogP) is 2.19. The van der Waals surface area contributed by atoms with E-state index in [1.807, 2.05) is 6.92 Å². The number of nitrogens with two attached hydrogens (primary N) is 1. The lowest BCUT2D eigenvalue weighted by molar-refractivity contribution is 0.0595. The van der Waals surface area contributed by atoms with Crippen molar-refractivity contribution in [3.05, 3.63) is 35.1 Å². The molecule has 1 atom stereocenters. The first-order chi connectivity index (χ1) is 8.04. The number of carbonyl (C=O) groups is 1. The van der Waals surface area contributed by atoms with Crippen LogP contribution in [0.1, 0.15) is 22.8 Å². The Morgan fingerprint density at radius 2 is 2.29 bits per heavy atom. The van der Waals surface area contributed by atoms with Crippen molar-refractivity contribution in [3.63, 3.8) is 0 Å². The van der Waals surface area contributed by atoms with Crippen molar-refractivity contribution in [2.75, 3.05) is 12.9 Å². The highest BCUT2D eigenvalue weighted by Crippen LogP contribution is 2.17. The normalized spacial score (nSPS) is 12.2. The third kappa shape index (κ3) is 4.36. The lowest BCUT2D eigenvalue weighted by atomic mass is 10.1. The Morgan fingerprint density at radius 3 is 2.82 bits per heavy atom. The van der Waals surface area contributed by atoms with E-state index in [9.17, 15) is 9.18 Å². The number of rotatable bonds is 5. The van der Waals surface area contributed by atoms with Crippen molar-refractivity contribution >= 4 is 17.7 Å². The number of benzene rings is 1. The maximum atomic E-state index is 13.5. The van der Waals surface area contributed by atoms with Crippen molar-refractivity contribution in [1.29, 1.82) is 0 Å². The fourth-order valence-electron chi connectivity index (χ4n) is 1.29. The zero-order valence-electron chi connectivity index (χ0n) is 9.90. The largest absolute Gasteiger partial charge is 0.465 e. The van der Waals surface area contributed by atoms with Gasteiger partial charge in [-0.2, -0.15) is 11.8 Å². The molecule has 1 rings (SSSR count). The van der Waals surface area contributed by atoms with Gasteiger partial charge in [0.2, 0.25) is 0 Å². The minimum atomic E-state index is -0.655. The lowest BCUT2D eigenvalue weighted by Gasteiger charge is -2.06. The molecule has 0 aliphatic rings. The van der Waals surface area contributed by atoms with Crippen LogP contribution in [0.3, 0.4) is 0 Å². The molecule has 0 amide bonds. The highest BCUT2D eigenvalue weighted by atomic mass is 32.2. The van der Waals surface area contributed by atoms with Gasteiger partial charge in [-0.25, -0.2) is 9.18 Å². The van der Waals surface area contributed by atoms with Gasteiger partial charge in [-0.3, -0.25) is 0 Å². The second-order valence-electron chi connectivity index (χ2n) is 3.80. The Labute approximate surface area is 105 Å². The molecule has 0 radical (unpaired) electrons. The average Bonchev–Trinajstić information content (AvgIpc) is 2.28. The molecule has 2 N–H and O–H groups in total. The molecule has 0 aliphatic carbocycles. The summed E-state index contributed by atoms with van der Waals surface area (Å²) >= 11 is 1.64. The van der Waals surface area contributed by atoms with Crippen LogP contribution in [0.5, 0.6) is 0 Å². The first-order valence-corrected chi connectivity index (χ1v) is 6.40. The molecule has 5 heteroatoms. The summed E-state index contributed by atoms with van der Waals surface area (Å²) in [4.78, 5) is 11.2. The smallest absolute Gasteiger partial charge is 0.340 e. The van der Waals surface area contributed by atoms with Gasteiger partial charge in [0.1, 0.15) is 5.82 Å². The fourth-order valence-corrected chi connectivity index (χ4v) is 2.19. The monoisotopic (exact) mass is 257 g/mol. The SMILES string of the molecule is COC(=O)c1ccc(CSCC(C)N)cc1F. The van der Waals surface area contributed by atoms with Gasteiger partial charge >= 0.3 is 5.97 Å². The maximum absolute atomic E-state index is 13.5. The van der Waals surface area contributed by atoms with E-state index in [-0.39, 0.29) is 11.6 Å². The summed E-state index contributed by atoms with van der Waals surface area (Å²) in [5, 5.41) is 0. The summed E-state index contributed by atoms with van der Waals surface area (Å²) < 4.78 is 18.0. The van der Waals surface area contributed by atoms with Crippen molar-refractivity contribution in [1.82, 2.24) is 0 Å². The summed E-state index contributed by atoms with van der Waals surface area (Å²) in [6.45, 7) is 1.92. The van der Waals surface area contributed by atoms with E-state index in [1.165, 1.54) is 19.2 Å². The van der Waals surface area contributed by atoms with E-state index in [1.54, 1.807) is 17.8 Å². The highest BCUT2D eigenvalue weighted by molar-refractivity contribution is 7.98. The molecule has 0 spiro atoms. The first kappa shape index (κ1) is 14.0. The minimum absolute atomic E-state index is 0.0338. The van der Waals surface area contributed by atoms with E-state index in [2.05, 4.69) is 4.74 Å². The van der Waals surface area contributed by atoms with Crippen LogP contribution in [0, 0.1) is 5.82 Å². The molecule has 1 aromatic rings. The van der Waals surface area contributed by atoms with Gasteiger partial charge in [-0.15, -0.1) is 0 Å². The van der Waals surface area contributed by atoms with Crippen molar-refractivity contribution in [3.8, 4) is 0 Å². The van der Waals surface area contributed by atoms with Crippen LogP contribution < -0.4 is 5.73 Å². The zero-order valence-corrected chi connectivity index (χ0v) is 10.7. The fraction of sp³-hybridized carbons (Fsp3) is 0.417. The average molecular weight is 257 g/mol. The summed E-state index contributed by atoms with van der Waals surface area (Å²) in [5.41, 5.74) is 6.41. The Hall–Kier alpha value is -1.07. The molecule has 17 heavy (non-hydrogen) atoms. The summed E-state index contributed by atoms with van der Waals surface area (Å²) in [6.07, 6.45) is 0. The second-order valence-corrected chi connectivity index (χ2v) is 4.83. The van der Waals surface area contributed by atoms with Crippen LogP contribution in [0.2, 0.25) is 0 Å². The van der Waals surface area contributed by atoms with E-state index in [4.69, 9.17) is 5.73 Å². The molecular formula is C12H16FNO2S. The lowest BCUT2D eigenvalue weighted by Crippen LogP contribution is -2.17. The minimum Gasteiger partial charge on any atom is -0.465 e. The molecular weight excluding hydrogens is 241 g/mol. The van der Waals surface area contributed by atoms with Crippen LogP contribution in [0.25, 0.3) is 0 Å². The Morgan fingerprint density at radius 1 is 1.59 bits per heavy atom. The van der Waals surface area contributed by atoms with Gasteiger partial charge in [0.15, 0.2) is 0 Å². The molecule has 0 saturated carbocycles. The second kappa shape index (κ2) is 6.61. The molecule has 0 aliphatic heterocycles. The summed E-state index contributed by atoms with van der Waals surface area (Å²) in [5.74, 6) is 0.299. The molecule has 1 unspecified atom stereocenters. The number of methoxy groups -OCH3 is 1. The number of hydrogen-bond acceptors (Lipinski definition) is 4. The van der Waals surface area contributed by atoms with Crippen LogP contribution >= 0.6 is 11.8 Å². The van der Waals surface area contributed by atoms with E-state index >= 15 is 0 Å². The van der Waals surface area contributed by atoms with Gasteiger partial charge < -0.3 is 10.5 Å². The number of ether oxygens (including phenoxy) is 1. The van der Waals surface area contributed by atoms with Gasteiger partial charge in [-0.1, -0.05) is 6.07 Å². The summed E-state index contributed by atoms with van der Waals surface area (Å²) in [7, 11) is 1.23. The van der Waals surface area contributed by atoms with Crippen LogP contribution in [-0.2, 0) is 10.5 Å². The van der Waals surface area contributed by atoms with E-state index < -0.39 is 11.8 Å². The molecule has 3 nitrogen and oxygen atoms in total. The molecule has 0 bridgehead atoms. The number of hydrogen-bond donors (Lipinski definition) is 1. The number of halogens is 1. The molecule has 0 fully saturated rings. The van der Waals surface area contributed by atoms with Crippen molar-refractivity contribution in [2.45, 2.75) is 18.7 Å². The quantitative estimate of drug-likeness (QED) is 0.822. The Kier molecular flexibility index (Phi) is 5.44. The number of esters is 1. The predicted molar refractivity (Wildman–Crippen MR) is 67.6 cm³/mol. The molecule has 94 valence electrons. The van der Waals surface area contributed by atoms with Crippen LogP contribution in [0.15, 0.2) is 18.2 Å². The van der Waals surface area contributed by atoms with Gasteiger partial charge in [0.25, 0.3) is 0 Å². The van der Waals surface area contributed by atoms with Gasteiger partial charge in [0, 0.05) is 17.5 Å². The maximum Gasteiger partial charge on any atom is 0.340 e. The molecule has 0 saturated heterocycles. The molecule has 0 aromatic heterocycles. The Bertz CT molecular complexity index is 396. The highest BCUT2D eigenvalue weighted by Gasteiger charge is 2.12. The van der Waals surface area contributed by atoms with Crippen LogP contribution in [0.4, 0.5) is 4.39 Å². The van der Waals surface area contributed by atoms with Crippen molar-refractivity contribution < 1.29 is 13.9 Å². The standard InChI is InChI=1S/C12H16FNO2S/c1-8(14)6-17-7-9-3-4-10(11(13)5-9)12(15)16-2/h3-5,8H,6-7,14H2,1-2H3. The Balaban J connectivity index is 2.65. The van der Waals surface area contributed by atoms with Crippen LogP contribution in [-0.4, -0.2) is 24.9 Å². The van der Waals surface area contributed by atoms with E-state index in [0.29, 0.717) is 5.75 Å². The van der Waals surface area contributed by atoms with Gasteiger partial charge in [0.05, 0.1) is 12.7 Å². The first-order valence-electron chi connectivity index (χ1n) is 5.24. The van der Waals surface area contributed by atoms with Crippen molar-refractivity contribution in [2.24, 2.45) is 5.73 Å². The summed E-state index contributed by atoms with van der Waals surface area (Å²) in [6, 6.07) is 4.66. The zero-order chi connectivity index (χ0) is 12.8. The molecule has 0 heterocycles. The third-order valence-corrected chi connectivity index (χ3v) is 3.39. The topological polar surface area (TPSA) is 52.3 Å².